The zero-order chi connectivity index (χ0) is 14.3. The Hall–Kier alpha value is 1.36. The summed E-state index contributed by atoms with van der Waals surface area (Å²) < 4.78 is 14.0. The van der Waals surface area contributed by atoms with Gasteiger partial charge in [0.1, 0.15) is 0 Å². The minimum Gasteiger partial charge on any atom is -0.238 e. The van der Waals surface area contributed by atoms with E-state index in [0.717, 1.165) is 5.57 Å². The van der Waals surface area contributed by atoms with E-state index in [2.05, 4.69) is 19.3 Å². The molecule has 0 bridgehead atoms. The highest BCUT2D eigenvalue weighted by atomic mass is 35.9. The molecule has 2 rings (SSSR count). The summed E-state index contributed by atoms with van der Waals surface area (Å²) in [6.07, 6.45) is 5.61. The summed E-state index contributed by atoms with van der Waals surface area (Å²) in [5, 5.41) is 0. The molecule has 1 heterocycles. The SMILES string of the molecule is CN(CC1=C=CC=C1)P1(Cl)=NP(Cl)(Cl)=NP(Cl)(Cl)=N1. The lowest BCUT2D eigenvalue weighted by molar-refractivity contribution is 0.605. The number of rotatable bonds is 3. The van der Waals surface area contributed by atoms with Crippen LogP contribution in [0, 0.1) is 0 Å². The summed E-state index contributed by atoms with van der Waals surface area (Å²) in [5.41, 5.74) is 4.02. The van der Waals surface area contributed by atoms with Crippen LogP contribution in [0.5, 0.6) is 0 Å². The second-order valence-corrected chi connectivity index (χ2v) is 17.4. The summed E-state index contributed by atoms with van der Waals surface area (Å²) in [4.78, 5) is 0. The van der Waals surface area contributed by atoms with E-state index in [-0.39, 0.29) is 0 Å². The van der Waals surface area contributed by atoms with E-state index in [1.807, 2.05) is 18.2 Å². The fourth-order valence-electron chi connectivity index (χ4n) is 1.40. The molecule has 1 aliphatic carbocycles. The average molecular weight is 418 g/mol. The maximum Gasteiger partial charge on any atom is 0.257 e. The van der Waals surface area contributed by atoms with Crippen LogP contribution in [-0.2, 0) is 0 Å². The monoisotopic (exact) mass is 416 g/mol. The molecule has 0 saturated carbocycles. The molecule has 4 nitrogen and oxygen atoms in total. The molecule has 0 N–H and O–H groups in total. The van der Waals surface area contributed by atoms with Gasteiger partial charge in [-0.2, -0.15) is 13.5 Å². The molecule has 0 amide bonds. The first kappa shape index (κ1) is 16.7. The van der Waals surface area contributed by atoms with Crippen molar-refractivity contribution in [2.24, 2.45) is 13.5 Å². The van der Waals surface area contributed by atoms with Crippen molar-refractivity contribution in [3.05, 3.63) is 29.5 Å². The Bertz CT molecular complexity index is 655. The number of hydrogen-bond donors (Lipinski definition) is 0. The molecule has 1 unspecified atom stereocenters. The van der Waals surface area contributed by atoms with Gasteiger partial charge in [0.05, 0.1) is 0 Å². The molecule has 1 aliphatic heterocycles. The van der Waals surface area contributed by atoms with Crippen LogP contribution in [0.15, 0.2) is 43.1 Å². The maximum atomic E-state index is 6.46. The normalized spacial score (nSPS) is 30.6. The van der Waals surface area contributed by atoms with E-state index in [9.17, 15) is 0 Å². The highest BCUT2D eigenvalue weighted by Crippen LogP contribution is 2.87. The highest BCUT2D eigenvalue weighted by Gasteiger charge is 2.35. The van der Waals surface area contributed by atoms with Gasteiger partial charge in [-0.3, -0.25) is 0 Å². The van der Waals surface area contributed by atoms with Gasteiger partial charge in [-0.05, 0) is 75.4 Å². The van der Waals surface area contributed by atoms with Crippen LogP contribution in [0.4, 0.5) is 0 Å². The smallest absolute Gasteiger partial charge is 0.238 e. The van der Waals surface area contributed by atoms with E-state index < -0.39 is 18.5 Å². The molecule has 2 aliphatic rings. The Labute approximate surface area is 135 Å². The van der Waals surface area contributed by atoms with Gasteiger partial charge in [-0.1, -0.05) is 6.08 Å². The van der Waals surface area contributed by atoms with Crippen molar-refractivity contribution in [1.82, 2.24) is 4.67 Å². The van der Waals surface area contributed by atoms with Gasteiger partial charge in [0.25, 0.3) is 11.8 Å². The molecule has 0 radical (unpaired) electrons. The molecule has 12 heteroatoms. The summed E-state index contributed by atoms with van der Waals surface area (Å²) in [7, 11) is 1.77. The summed E-state index contributed by atoms with van der Waals surface area (Å²) >= 11 is 30.5. The molecule has 19 heavy (non-hydrogen) atoms. The van der Waals surface area contributed by atoms with E-state index >= 15 is 0 Å². The average Bonchev–Trinajstić information content (AvgIpc) is 2.64. The summed E-state index contributed by atoms with van der Waals surface area (Å²) in [5.74, 6) is -5.94. The predicted octanol–water partition coefficient (Wildman–Crippen LogP) is 7.62. The Morgan fingerprint density at radius 3 is 2.26 bits per heavy atom. The molecule has 1 atom stereocenters. The van der Waals surface area contributed by atoms with Crippen molar-refractivity contribution in [3.63, 3.8) is 0 Å². The number of nitrogens with zero attached hydrogens (tertiary/aromatic N) is 4. The van der Waals surface area contributed by atoms with Crippen molar-refractivity contribution >= 4 is 74.7 Å². The Morgan fingerprint density at radius 2 is 1.74 bits per heavy atom. The lowest BCUT2D eigenvalue weighted by Crippen LogP contribution is -2.14. The molecule has 0 fully saturated rings. The van der Waals surface area contributed by atoms with Crippen LogP contribution in [0.3, 0.4) is 0 Å². The van der Waals surface area contributed by atoms with Crippen molar-refractivity contribution in [3.8, 4) is 0 Å². The second-order valence-electron chi connectivity index (χ2n) is 3.69. The fraction of sp³-hybridized carbons (Fsp3) is 0.286. The molecule has 0 aromatic carbocycles. The summed E-state index contributed by atoms with van der Waals surface area (Å²) in [6, 6.07) is 0. The highest BCUT2D eigenvalue weighted by molar-refractivity contribution is 8.22. The maximum absolute atomic E-state index is 6.46. The first-order valence-electron chi connectivity index (χ1n) is 4.86. The van der Waals surface area contributed by atoms with E-state index in [4.69, 9.17) is 56.2 Å². The van der Waals surface area contributed by atoms with E-state index in [0.29, 0.717) is 6.54 Å². The molecule has 0 spiro atoms. The third kappa shape index (κ3) is 4.41. The van der Waals surface area contributed by atoms with Gasteiger partial charge >= 0.3 is 0 Å². The lowest BCUT2D eigenvalue weighted by atomic mass is 10.3. The van der Waals surface area contributed by atoms with Crippen molar-refractivity contribution in [2.75, 3.05) is 13.6 Å². The number of halogens is 5. The summed E-state index contributed by atoms with van der Waals surface area (Å²) in [6.45, 7) is -2.33. The van der Waals surface area contributed by atoms with Gasteiger partial charge < -0.3 is 0 Å². The largest absolute Gasteiger partial charge is 0.257 e. The van der Waals surface area contributed by atoms with Gasteiger partial charge in [0.2, 0.25) is 6.71 Å². The molecule has 0 aromatic rings. The number of likely N-dealkylation sites (N-methyl/N-ethyl adjacent to an activating group) is 1. The van der Waals surface area contributed by atoms with E-state index in [1.165, 1.54) is 0 Å². The topological polar surface area (TPSA) is 40.3 Å². The first-order valence-corrected chi connectivity index (χ1v) is 14.4. The third-order valence-corrected chi connectivity index (χ3v) is 15.3. The molecule has 0 saturated heterocycles. The van der Waals surface area contributed by atoms with Crippen LogP contribution >= 0.6 is 74.7 Å². The third-order valence-electron chi connectivity index (χ3n) is 2.15. The lowest BCUT2D eigenvalue weighted by Gasteiger charge is -2.28. The zero-order valence-electron chi connectivity index (χ0n) is 9.46. The molecule has 106 valence electrons. The molecule has 0 aromatic heterocycles. The van der Waals surface area contributed by atoms with Crippen LogP contribution in [0.2, 0.25) is 0 Å². The van der Waals surface area contributed by atoms with Gasteiger partial charge in [0.15, 0.2) is 0 Å². The van der Waals surface area contributed by atoms with Crippen LogP contribution in [0.1, 0.15) is 0 Å². The predicted molar refractivity (Wildman–Crippen MR) is 90.7 cm³/mol. The number of hydrogen-bond acceptors (Lipinski definition) is 4. The zero-order valence-corrected chi connectivity index (χ0v) is 15.9. The quantitative estimate of drug-likeness (QED) is 0.343. The van der Waals surface area contributed by atoms with Crippen molar-refractivity contribution in [1.29, 1.82) is 0 Å². The molecular formula is C7H8Cl5N4P3. The van der Waals surface area contributed by atoms with Gasteiger partial charge in [-0.25, -0.2) is 4.67 Å². The van der Waals surface area contributed by atoms with Gasteiger partial charge in [0, 0.05) is 12.1 Å². The first-order chi connectivity index (χ1) is 8.62. The number of allylic oxidation sites excluding steroid dienone is 1. The van der Waals surface area contributed by atoms with Crippen LogP contribution in [-0.4, -0.2) is 18.3 Å². The fourth-order valence-corrected chi connectivity index (χ4v) is 18.8. The standard InChI is InChI=1S/C7H8Cl5N4P3/c1-16(6-7-4-2-3-5-7)19(12)14-17(8,9)13-18(10,11)15-19/h2-4H,6H2,1H3. The van der Waals surface area contributed by atoms with Crippen LogP contribution < -0.4 is 0 Å². The van der Waals surface area contributed by atoms with Gasteiger partial charge in [-0.15, -0.1) is 5.73 Å². The molecular weight excluding hydrogens is 410 g/mol. The Balaban J connectivity index is 2.40. The Morgan fingerprint density at radius 1 is 1.11 bits per heavy atom. The van der Waals surface area contributed by atoms with Crippen LogP contribution in [0.25, 0.3) is 0 Å². The minimum absolute atomic E-state index is 0.499. The Kier molecular flexibility index (Phi) is 5.16. The van der Waals surface area contributed by atoms with Crippen molar-refractivity contribution < 1.29 is 0 Å². The van der Waals surface area contributed by atoms with Crippen molar-refractivity contribution in [2.45, 2.75) is 0 Å². The van der Waals surface area contributed by atoms with E-state index in [1.54, 1.807) is 11.7 Å². The second kappa shape index (κ2) is 5.86. The minimum atomic E-state index is -2.97.